The quantitative estimate of drug-likeness (QED) is 0.274. The van der Waals surface area contributed by atoms with Gasteiger partial charge in [0, 0.05) is 17.1 Å². The SMILES string of the molecule is COC(=O)CCCC(CSc1ccc2ccccc2c1)=NO. The Morgan fingerprint density at radius 2 is 1.95 bits per heavy atom. The molecule has 0 bridgehead atoms. The molecular weight excluding hydrogens is 298 g/mol. The Labute approximate surface area is 134 Å². The Hall–Kier alpha value is -2.01. The molecule has 0 amide bonds. The monoisotopic (exact) mass is 317 g/mol. The first-order chi connectivity index (χ1) is 10.7. The molecule has 0 aliphatic heterocycles. The maximum absolute atomic E-state index is 11.1. The molecule has 4 nitrogen and oxygen atoms in total. The summed E-state index contributed by atoms with van der Waals surface area (Å²) >= 11 is 1.63. The van der Waals surface area contributed by atoms with Crippen molar-refractivity contribution in [3.63, 3.8) is 0 Å². The molecule has 5 heteroatoms. The van der Waals surface area contributed by atoms with Crippen LogP contribution in [0.25, 0.3) is 10.8 Å². The molecule has 0 fully saturated rings. The van der Waals surface area contributed by atoms with Crippen LogP contribution >= 0.6 is 11.8 Å². The van der Waals surface area contributed by atoms with Crippen molar-refractivity contribution >= 4 is 34.2 Å². The van der Waals surface area contributed by atoms with Crippen molar-refractivity contribution in [1.82, 2.24) is 0 Å². The van der Waals surface area contributed by atoms with Crippen LogP contribution in [0.3, 0.4) is 0 Å². The van der Waals surface area contributed by atoms with Crippen molar-refractivity contribution in [2.75, 3.05) is 12.9 Å². The maximum atomic E-state index is 11.1. The fourth-order valence-electron chi connectivity index (χ4n) is 2.11. The van der Waals surface area contributed by atoms with Crippen LogP contribution in [0.5, 0.6) is 0 Å². The normalized spacial score (nSPS) is 11.6. The molecule has 0 radical (unpaired) electrons. The number of oxime groups is 1. The van der Waals surface area contributed by atoms with Gasteiger partial charge in [0.15, 0.2) is 0 Å². The molecule has 22 heavy (non-hydrogen) atoms. The van der Waals surface area contributed by atoms with Crippen molar-refractivity contribution in [3.05, 3.63) is 42.5 Å². The van der Waals surface area contributed by atoms with Gasteiger partial charge in [-0.1, -0.05) is 35.5 Å². The van der Waals surface area contributed by atoms with E-state index >= 15 is 0 Å². The molecule has 0 heterocycles. The van der Waals surface area contributed by atoms with E-state index in [1.807, 2.05) is 12.1 Å². The average Bonchev–Trinajstić information content (AvgIpc) is 2.57. The second kappa shape index (κ2) is 8.44. The summed E-state index contributed by atoms with van der Waals surface area (Å²) in [7, 11) is 1.37. The molecule has 1 N–H and O–H groups in total. The molecule has 0 saturated carbocycles. The van der Waals surface area contributed by atoms with Crippen LogP contribution in [0, 0.1) is 0 Å². The molecule has 0 aromatic heterocycles. The number of fused-ring (bicyclic) bond motifs is 1. The zero-order chi connectivity index (χ0) is 15.8. The van der Waals surface area contributed by atoms with Gasteiger partial charge >= 0.3 is 5.97 Å². The van der Waals surface area contributed by atoms with Gasteiger partial charge in [-0.2, -0.15) is 0 Å². The summed E-state index contributed by atoms with van der Waals surface area (Å²) in [5.41, 5.74) is 0.682. The second-order valence-corrected chi connectivity index (χ2v) is 5.94. The molecule has 0 aliphatic carbocycles. The predicted octanol–water partition coefficient (Wildman–Crippen LogP) is 4.11. The number of carbonyl (C=O) groups excluding carboxylic acids is 1. The topological polar surface area (TPSA) is 58.9 Å². The molecular formula is C17H19NO3S. The first-order valence-electron chi connectivity index (χ1n) is 7.11. The summed E-state index contributed by atoms with van der Waals surface area (Å²) in [5, 5.41) is 14.8. The third-order valence-corrected chi connectivity index (χ3v) is 4.41. The van der Waals surface area contributed by atoms with Crippen LogP contribution in [0.2, 0.25) is 0 Å². The Bertz CT molecular complexity index is 670. The number of benzene rings is 2. The van der Waals surface area contributed by atoms with Gasteiger partial charge in [-0.05, 0) is 35.7 Å². The smallest absolute Gasteiger partial charge is 0.305 e. The molecule has 2 rings (SSSR count). The van der Waals surface area contributed by atoms with Crippen molar-refractivity contribution in [1.29, 1.82) is 0 Å². The van der Waals surface area contributed by atoms with Crippen LogP contribution in [-0.4, -0.2) is 29.8 Å². The first kappa shape index (κ1) is 16.4. The average molecular weight is 317 g/mol. The third-order valence-electron chi connectivity index (χ3n) is 3.34. The lowest BCUT2D eigenvalue weighted by atomic mass is 10.1. The summed E-state index contributed by atoms with van der Waals surface area (Å²) in [6, 6.07) is 14.5. The van der Waals surface area contributed by atoms with E-state index in [0.29, 0.717) is 30.7 Å². The minimum absolute atomic E-state index is 0.237. The van der Waals surface area contributed by atoms with E-state index in [0.717, 1.165) is 4.90 Å². The van der Waals surface area contributed by atoms with Gasteiger partial charge in [0.05, 0.1) is 12.8 Å². The number of ether oxygens (including phenoxy) is 1. The van der Waals surface area contributed by atoms with Crippen molar-refractivity contribution < 1.29 is 14.7 Å². The lowest BCUT2D eigenvalue weighted by molar-refractivity contribution is -0.140. The summed E-state index contributed by atoms with van der Waals surface area (Å²) < 4.78 is 4.59. The zero-order valence-electron chi connectivity index (χ0n) is 12.5. The van der Waals surface area contributed by atoms with Crippen molar-refractivity contribution in [2.24, 2.45) is 5.16 Å². The Morgan fingerprint density at radius 3 is 2.68 bits per heavy atom. The number of hydrogen-bond donors (Lipinski definition) is 1. The number of esters is 1. The zero-order valence-corrected chi connectivity index (χ0v) is 13.3. The standard InChI is InChI=1S/C17H19NO3S/c1-21-17(19)8-4-7-15(18-20)12-22-16-10-9-13-5-2-3-6-14(13)11-16/h2-3,5-6,9-11,20H,4,7-8,12H2,1H3. The largest absolute Gasteiger partial charge is 0.469 e. The number of thioether (sulfide) groups is 1. The number of rotatable bonds is 7. The van der Waals surface area contributed by atoms with Gasteiger partial charge in [-0.25, -0.2) is 0 Å². The lowest BCUT2D eigenvalue weighted by Gasteiger charge is -2.06. The van der Waals surface area contributed by atoms with Crippen LogP contribution in [0.4, 0.5) is 0 Å². The minimum Gasteiger partial charge on any atom is -0.469 e. The molecule has 0 saturated heterocycles. The van der Waals surface area contributed by atoms with E-state index in [1.165, 1.54) is 17.9 Å². The van der Waals surface area contributed by atoms with Crippen LogP contribution < -0.4 is 0 Å². The molecule has 2 aromatic rings. The number of nitrogens with zero attached hydrogens (tertiary/aromatic N) is 1. The van der Waals surface area contributed by atoms with E-state index in [4.69, 9.17) is 5.21 Å². The van der Waals surface area contributed by atoms with Crippen LogP contribution in [-0.2, 0) is 9.53 Å². The van der Waals surface area contributed by atoms with E-state index in [-0.39, 0.29) is 5.97 Å². The van der Waals surface area contributed by atoms with E-state index in [1.54, 1.807) is 11.8 Å². The van der Waals surface area contributed by atoms with E-state index in [2.05, 4.69) is 40.2 Å². The van der Waals surface area contributed by atoms with Gasteiger partial charge in [0.2, 0.25) is 0 Å². The van der Waals surface area contributed by atoms with Gasteiger partial charge in [0.1, 0.15) is 0 Å². The highest BCUT2D eigenvalue weighted by Gasteiger charge is 2.06. The fourth-order valence-corrected chi connectivity index (χ4v) is 3.02. The van der Waals surface area contributed by atoms with Gasteiger partial charge < -0.3 is 9.94 Å². The highest BCUT2D eigenvalue weighted by molar-refractivity contribution is 8.00. The Kier molecular flexibility index (Phi) is 6.27. The number of hydrogen-bond acceptors (Lipinski definition) is 5. The van der Waals surface area contributed by atoms with Crippen molar-refractivity contribution in [2.45, 2.75) is 24.2 Å². The Morgan fingerprint density at radius 1 is 1.18 bits per heavy atom. The number of carbonyl (C=O) groups is 1. The highest BCUT2D eigenvalue weighted by atomic mass is 32.2. The minimum atomic E-state index is -0.237. The molecule has 0 spiro atoms. The van der Waals surface area contributed by atoms with Crippen molar-refractivity contribution in [3.8, 4) is 0 Å². The first-order valence-corrected chi connectivity index (χ1v) is 8.09. The Balaban J connectivity index is 1.87. The molecule has 2 aromatic carbocycles. The van der Waals surface area contributed by atoms with Crippen LogP contribution in [0.15, 0.2) is 52.5 Å². The summed E-state index contributed by atoms with van der Waals surface area (Å²) in [6.07, 6.45) is 1.56. The maximum Gasteiger partial charge on any atom is 0.305 e. The van der Waals surface area contributed by atoms with Crippen LogP contribution in [0.1, 0.15) is 19.3 Å². The van der Waals surface area contributed by atoms with E-state index < -0.39 is 0 Å². The fraction of sp³-hybridized carbons (Fsp3) is 0.294. The summed E-state index contributed by atoms with van der Waals surface area (Å²) in [6.45, 7) is 0. The molecule has 0 atom stereocenters. The lowest BCUT2D eigenvalue weighted by Crippen LogP contribution is -2.05. The summed E-state index contributed by atoms with van der Waals surface area (Å²) in [4.78, 5) is 12.2. The van der Waals surface area contributed by atoms with E-state index in [9.17, 15) is 4.79 Å². The molecule has 0 unspecified atom stereocenters. The second-order valence-electron chi connectivity index (χ2n) is 4.89. The molecule has 0 aliphatic rings. The van der Waals surface area contributed by atoms with Gasteiger partial charge in [-0.15, -0.1) is 11.8 Å². The summed E-state index contributed by atoms with van der Waals surface area (Å²) in [5.74, 6) is 0.371. The number of methoxy groups -OCH3 is 1. The predicted molar refractivity (Wildman–Crippen MR) is 89.8 cm³/mol. The van der Waals surface area contributed by atoms with Gasteiger partial charge in [0.25, 0.3) is 0 Å². The van der Waals surface area contributed by atoms with Gasteiger partial charge in [-0.3, -0.25) is 4.79 Å². The highest BCUT2D eigenvalue weighted by Crippen LogP contribution is 2.24. The molecule has 116 valence electrons. The third kappa shape index (κ3) is 4.77.